The van der Waals surface area contributed by atoms with Gasteiger partial charge in [-0.3, -0.25) is 14.4 Å². The maximum absolute atomic E-state index is 13.1. The van der Waals surface area contributed by atoms with Crippen LogP contribution >= 0.6 is 0 Å². The molecule has 6 nitrogen and oxygen atoms in total. The molecule has 2 aromatic rings. The van der Waals surface area contributed by atoms with Crippen molar-refractivity contribution in [3.8, 4) is 0 Å². The normalized spacial score (nSPS) is 19.4. The summed E-state index contributed by atoms with van der Waals surface area (Å²) in [4.78, 5) is 41.6. The third-order valence-corrected chi connectivity index (χ3v) is 5.57. The van der Waals surface area contributed by atoms with Crippen LogP contribution in [0.2, 0.25) is 0 Å². The van der Waals surface area contributed by atoms with Gasteiger partial charge >= 0.3 is 0 Å². The van der Waals surface area contributed by atoms with Crippen LogP contribution in [0, 0.1) is 0 Å². The molecule has 1 saturated heterocycles. The Labute approximate surface area is 169 Å². The first-order valence-electron chi connectivity index (χ1n) is 10.1. The summed E-state index contributed by atoms with van der Waals surface area (Å²) in [6.07, 6.45) is 8.79. The topological polar surface area (TPSA) is 70.8 Å². The molecule has 1 fully saturated rings. The van der Waals surface area contributed by atoms with E-state index in [0.29, 0.717) is 18.7 Å². The van der Waals surface area contributed by atoms with E-state index in [1.54, 1.807) is 36.4 Å². The number of hydrogen-bond donors (Lipinski definition) is 0. The molecule has 0 spiro atoms. The Morgan fingerprint density at radius 1 is 1.10 bits per heavy atom. The molecule has 4 rings (SSSR count). The van der Waals surface area contributed by atoms with Crippen LogP contribution in [0.25, 0.3) is 0 Å². The second kappa shape index (κ2) is 8.47. The van der Waals surface area contributed by atoms with Gasteiger partial charge in [0.1, 0.15) is 6.04 Å². The van der Waals surface area contributed by atoms with Crippen LogP contribution < -0.4 is 4.90 Å². The number of carbonyl (C=O) groups excluding carboxylic acids is 3. The van der Waals surface area contributed by atoms with E-state index in [1.807, 2.05) is 6.07 Å². The number of benzene rings is 1. The molecule has 0 saturated carbocycles. The fourth-order valence-corrected chi connectivity index (χ4v) is 4.04. The lowest BCUT2D eigenvalue weighted by Crippen LogP contribution is -2.46. The van der Waals surface area contributed by atoms with Crippen molar-refractivity contribution < 1.29 is 18.8 Å². The van der Waals surface area contributed by atoms with E-state index in [0.717, 1.165) is 19.3 Å². The molecule has 1 aliphatic carbocycles. The standard InChI is InChI=1S/C23H24N2O4/c26-21-16-19(22(27)25(21)18-10-5-2-6-11-18)24(23(28)20-12-7-15-29-20)14-13-17-8-3-1-4-9-17/h2,5-8,10-12,15,19H,1,3-4,9,13-14,16H2. The van der Waals surface area contributed by atoms with Gasteiger partial charge in [0.15, 0.2) is 5.76 Å². The van der Waals surface area contributed by atoms with Crippen molar-refractivity contribution in [2.45, 2.75) is 44.6 Å². The molecular formula is C23H24N2O4. The number of imide groups is 1. The van der Waals surface area contributed by atoms with E-state index in [9.17, 15) is 14.4 Å². The van der Waals surface area contributed by atoms with E-state index in [-0.39, 0.29) is 29.9 Å². The Morgan fingerprint density at radius 3 is 2.62 bits per heavy atom. The number of nitrogens with zero attached hydrogens (tertiary/aromatic N) is 2. The SMILES string of the molecule is O=C1CC(N(CCC2=CCCCC2)C(=O)c2ccco2)C(=O)N1c1ccccc1. The van der Waals surface area contributed by atoms with Crippen molar-refractivity contribution in [2.24, 2.45) is 0 Å². The first-order valence-corrected chi connectivity index (χ1v) is 10.1. The van der Waals surface area contributed by atoms with Crippen LogP contribution in [-0.4, -0.2) is 35.2 Å². The highest BCUT2D eigenvalue weighted by Crippen LogP contribution is 2.28. The minimum atomic E-state index is -0.815. The van der Waals surface area contributed by atoms with Gasteiger partial charge in [-0.2, -0.15) is 0 Å². The van der Waals surface area contributed by atoms with Gasteiger partial charge in [-0.05, 0) is 56.4 Å². The minimum absolute atomic E-state index is 0.0147. The molecule has 2 aliphatic rings. The number of amides is 3. The van der Waals surface area contributed by atoms with Gasteiger partial charge in [-0.25, -0.2) is 4.90 Å². The van der Waals surface area contributed by atoms with Crippen LogP contribution in [0.4, 0.5) is 5.69 Å². The van der Waals surface area contributed by atoms with Crippen LogP contribution in [0.5, 0.6) is 0 Å². The third-order valence-electron chi connectivity index (χ3n) is 5.57. The summed E-state index contributed by atoms with van der Waals surface area (Å²) in [7, 11) is 0. The molecule has 1 aromatic carbocycles. The summed E-state index contributed by atoms with van der Waals surface area (Å²) in [5, 5.41) is 0. The van der Waals surface area contributed by atoms with Gasteiger partial charge in [-0.1, -0.05) is 29.8 Å². The quantitative estimate of drug-likeness (QED) is 0.551. The number of para-hydroxylation sites is 1. The fraction of sp³-hybridized carbons (Fsp3) is 0.348. The fourth-order valence-electron chi connectivity index (χ4n) is 4.04. The summed E-state index contributed by atoms with van der Waals surface area (Å²) in [5.74, 6) is -0.826. The van der Waals surface area contributed by atoms with E-state index in [1.165, 1.54) is 28.1 Å². The number of allylic oxidation sites excluding steroid dienone is 1. The monoisotopic (exact) mass is 392 g/mol. The zero-order valence-corrected chi connectivity index (χ0v) is 16.3. The average Bonchev–Trinajstić information content (AvgIpc) is 3.38. The van der Waals surface area contributed by atoms with E-state index in [4.69, 9.17) is 4.42 Å². The number of hydrogen-bond acceptors (Lipinski definition) is 4. The highest BCUT2D eigenvalue weighted by Gasteiger charge is 2.44. The Kier molecular flexibility index (Phi) is 5.60. The van der Waals surface area contributed by atoms with Crippen LogP contribution in [0.15, 0.2) is 64.8 Å². The second-order valence-corrected chi connectivity index (χ2v) is 7.46. The van der Waals surface area contributed by atoms with Gasteiger partial charge < -0.3 is 9.32 Å². The highest BCUT2D eigenvalue weighted by molar-refractivity contribution is 6.23. The average molecular weight is 392 g/mol. The van der Waals surface area contributed by atoms with Crippen molar-refractivity contribution in [3.05, 3.63) is 66.1 Å². The van der Waals surface area contributed by atoms with E-state index >= 15 is 0 Å². The van der Waals surface area contributed by atoms with Gasteiger partial charge in [0.25, 0.3) is 11.8 Å². The molecular weight excluding hydrogens is 368 g/mol. The lowest BCUT2D eigenvalue weighted by molar-refractivity contribution is -0.122. The Hall–Kier alpha value is -3.15. The predicted octanol–water partition coefficient (Wildman–Crippen LogP) is 3.94. The molecule has 150 valence electrons. The number of furan rings is 1. The zero-order chi connectivity index (χ0) is 20.2. The summed E-state index contributed by atoms with van der Waals surface area (Å²) in [5.41, 5.74) is 1.84. The summed E-state index contributed by atoms with van der Waals surface area (Å²) in [6.45, 7) is 0.387. The molecule has 29 heavy (non-hydrogen) atoms. The molecule has 1 unspecified atom stereocenters. The maximum Gasteiger partial charge on any atom is 0.290 e. The highest BCUT2D eigenvalue weighted by atomic mass is 16.3. The van der Waals surface area contributed by atoms with Gasteiger partial charge in [0.2, 0.25) is 5.91 Å². The van der Waals surface area contributed by atoms with Crippen LogP contribution in [-0.2, 0) is 9.59 Å². The van der Waals surface area contributed by atoms with Crippen molar-refractivity contribution in [1.29, 1.82) is 0 Å². The third kappa shape index (κ3) is 4.01. The van der Waals surface area contributed by atoms with E-state index in [2.05, 4.69) is 6.08 Å². The van der Waals surface area contributed by atoms with Crippen molar-refractivity contribution in [1.82, 2.24) is 4.90 Å². The number of anilines is 1. The lowest BCUT2D eigenvalue weighted by atomic mass is 9.97. The number of carbonyl (C=O) groups is 3. The number of rotatable bonds is 6. The molecule has 1 atom stereocenters. The van der Waals surface area contributed by atoms with Gasteiger partial charge in [-0.15, -0.1) is 0 Å². The first kappa shape index (κ1) is 19.2. The molecule has 0 N–H and O–H groups in total. The summed E-state index contributed by atoms with van der Waals surface area (Å²) < 4.78 is 5.29. The second-order valence-electron chi connectivity index (χ2n) is 7.46. The largest absolute Gasteiger partial charge is 0.459 e. The van der Waals surface area contributed by atoms with Crippen molar-refractivity contribution in [3.63, 3.8) is 0 Å². The maximum atomic E-state index is 13.1. The Balaban J connectivity index is 1.58. The molecule has 3 amide bonds. The molecule has 0 bridgehead atoms. The minimum Gasteiger partial charge on any atom is -0.459 e. The van der Waals surface area contributed by atoms with Crippen LogP contribution in [0.1, 0.15) is 49.1 Å². The summed E-state index contributed by atoms with van der Waals surface area (Å²) >= 11 is 0. The smallest absolute Gasteiger partial charge is 0.290 e. The molecule has 2 heterocycles. The van der Waals surface area contributed by atoms with Crippen molar-refractivity contribution in [2.75, 3.05) is 11.4 Å². The molecule has 1 aliphatic heterocycles. The van der Waals surface area contributed by atoms with E-state index < -0.39 is 6.04 Å². The molecule has 6 heteroatoms. The van der Waals surface area contributed by atoms with Gasteiger partial charge in [0, 0.05) is 6.54 Å². The first-order chi connectivity index (χ1) is 14.1. The van der Waals surface area contributed by atoms with Crippen molar-refractivity contribution >= 4 is 23.4 Å². The van der Waals surface area contributed by atoms with Gasteiger partial charge in [0.05, 0.1) is 18.4 Å². The Morgan fingerprint density at radius 2 is 1.93 bits per heavy atom. The Bertz CT molecular complexity index is 918. The lowest BCUT2D eigenvalue weighted by Gasteiger charge is -2.27. The predicted molar refractivity (Wildman–Crippen MR) is 108 cm³/mol. The van der Waals surface area contributed by atoms with Crippen LogP contribution in [0.3, 0.4) is 0 Å². The molecule has 0 radical (unpaired) electrons. The zero-order valence-electron chi connectivity index (χ0n) is 16.3. The molecule has 1 aromatic heterocycles. The summed E-state index contributed by atoms with van der Waals surface area (Å²) in [6, 6.07) is 11.3.